The van der Waals surface area contributed by atoms with E-state index in [0.717, 1.165) is 36.2 Å². The molecule has 2 aromatic heterocycles. The Bertz CT molecular complexity index is 801. The Morgan fingerprint density at radius 3 is 2.65 bits per heavy atom. The molecule has 0 radical (unpaired) electrons. The second-order valence-electron chi connectivity index (χ2n) is 4.70. The van der Waals surface area contributed by atoms with Gasteiger partial charge in [-0.15, -0.1) is 22.7 Å². The van der Waals surface area contributed by atoms with Gasteiger partial charge in [0.2, 0.25) is 0 Å². The number of hydrogen-bond acceptors (Lipinski definition) is 4. The van der Waals surface area contributed by atoms with E-state index in [1.54, 1.807) is 22.7 Å². The zero-order valence-electron chi connectivity index (χ0n) is 11.5. The molecule has 0 aliphatic heterocycles. The van der Waals surface area contributed by atoms with E-state index >= 15 is 0 Å². The maximum atomic E-state index is 12.3. The molecule has 102 valence electrons. The van der Waals surface area contributed by atoms with Crippen LogP contribution in [0.15, 0.2) is 24.3 Å². The van der Waals surface area contributed by atoms with Gasteiger partial charge in [0.1, 0.15) is 0 Å². The van der Waals surface area contributed by atoms with Crippen LogP contribution in [0.25, 0.3) is 10.2 Å². The molecule has 1 aromatic carbocycles. The molecular formula is C15H14N2OS2. The summed E-state index contributed by atoms with van der Waals surface area (Å²) < 4.78 is 1.10. The van der Waals surface area contributed by atoms with Crippen LogP contribution in [0, 0.1) is 20.8 Å². The standard InChI is InChI=1S/C15H14N2OS2/c1-8-6-12(9(2)19-8)15(18)17-11-4-5-13-14(7-11)20-10(3)16-13/h4-7H,1-3H3,(H,17,18). The number of nitrogens with zero attached hydrogens (tertiary/aromatic N) is 1. The summed E-state index contributed by atoms with van der Waals surface area (Å²) in [4.78, 5) is 18.9. The van der Waals surface area contributed by atoms with Crippen molar-refractivity contribution in [3.05, 3.63) is 44.6 Å². The second kappa shape index (κ2) is 5.00. The highest BCUT2D eigenvalue weighted by Crippen LogP contribution is 2.26. The molecule has 0 aliphatic rings. The number of aromatic nitrogens is 1. The number of hydrogen-bond donors (Lipinski definition) is 1. The first-order valence-corrected chi connectivity index (χ1v) is 7.92. The first-order valence-electron chi connectivity index (χ1n) is 6.28. The van der Waals surface area contributed by atoms with E-state index in [9.17, 15) is 4.79 Å². The lowest BCUT2D eigenvalue weighted by molar-refractivity contribution is 0.102. The Balaban J connectivity index is 1.88. The summed E-state index contributed by atoms with van der Waals surface area (Å²) in [5.74, 6) is -0.0487. The average Bonchev–Trinajstić information content (AvgIpc) is 2.90. The fourth-order valence-electron chi connectivity index (χ4n) is 2.17. The third-order valence-corrected chi connectivity index (χ3v) is 4.94. The fourth-order valence-corrected chi connectivity index (χ4v) is 3.96. The van der Waals surface area contributed by atoms with E-state index in [-0.39, 0.29) is 5.91 Å². The van der Waals surface area contributed by atoms with Crippen LogP contribution in [-0.2, 0) is 0 Å². The van der Waals surface area contributed by atoms with E-state index < -0.39 is 0 Å². The summed E-state index contributed by atoms with van der Waals surface area (Å²) in [6.45, 7) is 5.98. The smallest absolute Gasteiger partial charge is 0.256 e. The van der Waals surface area contributed by atoms with Crippen molar-refractivity contribution in [2.24, 2.45) is 0 Å². The van der Waals surface area contributed by atoms with Crippen molar-refractivity contribution in [3.8, 4) is 0 Å². The summed E-state index contributed by atoms with van der Waals surface area (Å²) in [6.07, 6.45) is 0. The van der Waals surface area contributed by atoms with Gasteiger partial charge in [-0.25, -0.2) is 4.98 Å². The SMILES string of the molecule is Cc1cc(C(=O)Nc2ccc3nc(C)sc3c2)c(C)s1. The minimum absolute atomic E-state index is 0.0487. The molecular weight excluding hydrogens is 288 g/mol. The minimum atomic E-state index is -0.0487. The summed E-state index contributed by atoms with van der Waals surface area (Å²) in [5.41, 5.74) is 2.55. The molecule has 1 amide bonds. The number of carbonyl (C=O) groups is 1. The number of nitrogens with one attached hydrogen (secondary N) is 1. The van der Waals surface area contributed by atoms with Crippen molar-refractivity contribution in [1.82, 2.24) is 4.98 Å². The minimum Gasteiger partial charge on any atom is -0.322 e. The number of thiazole rings is 1. The number of anilines is 1. The number of rotatable bonds is 2. The van der Waals surface area contributed by atoms with Crippen molar-refractivity contribution >= 4 is 44.5 Å². The summed E-state index contributed by atoms with van der Waals surface area (Å²) >= 11 is 3.28. The summed E-state index contributed by atoms with van der Waals surface area (Å²) in [6, 6.07) is 7.76. The monoisotopic (exact) mass is 302 g/mol. The van der Waals surface area contributed by atoms with Gasteiger partial charge in [0.25, 0.3) is 5.91 Å². The number of amides is 1. The van der Waals surface area contributed by atoms with E-state index in [4.69, 9.17) is 0 Å². The van der Waals surface area contributed by atoms with Crippen LogP contribution in [0.5, 0.6) is 0 Å². The molecule has 0 fully saturated rings. The van der Waals surface area contributed by atoms with Gasteiger partial charge in [0.05, 0.1) is 20.8 Å². The van der Waals surface area contributed by atoms with Crippen LogP contribution in [0.3, 0.4) is 0 Å². The van der Waals surface area contributed by atoms with Crippen LogP contribution < -0.4 is 5.32 Å². The first kappa shape index (κ1) is 13.3. The number of aryl methyl sites for hydroxylation is 3. The van der Waals surface area contributed by atoms with Crippen molar-refractivity contribution < 1.29 is 4.79 Å². The zero-order valence-corrected chi connectivity index (χ0v) is 13.1. The Kier molecular flexibility index (Phi) is 3.31. The van der Waals surface area contributed by atoms with E-state index in [0.29, 0.717) is 0 Å². The second-order valence-corrected chi connectivity index (χ2v) is 7.39. The molecule has 3 aromatic rings. The van der Waals surface area contributed by atoms with Crippen molar-refractivity contribution in [2.45, 2.75) is 20.8 Å². The first-order chi connectivity index (χ1) is 9.52. The van der Waals surface area contributed by atoms with Crippen molar-refractivity contribution in [3.63, 3.8) is 0 Å². The Morgan fingerprint density at radius 2 is 1.95 bits per heavy atom. The molecule has 2 heterocycles. The molecule has 0 unspecified atom stereocenters. The third kappa shape index (κ3) is 2.46. The molecule has 0 bridgehead atoms. The van der Waals surface area contributed by atoms with Gasteiger partial charge in [-0.1, -0.05) is 0 Å². The Hall–Kier alpha value is -1.72. The average molecular weight is 302 g/mol. The van der Waals surface area contributed by atoms with Gasteiger partial charge in [0.15, 0.2) is 0 Å². The van der Waals surface area contributed by atoms with Crippen molar-refractivity contribution in [2.75, 3.05) is 5.32 Å². The van der Waals surface area contributed by atoms with E-state index in [1.807, 2.05) is 45.0 Å². The quantitative estimate of drug-likeness (QED) is 0.755. The fraction of sp³-hybridized carbons (Fsp3) is 0.200. The lowest BCUT2D eigenvalue weighted by atomic mass is 10.2. The van der Waals surface area contributed by atoms with E-state index in [2.05, 4.69) is 10.3 Å². The number of carbonyl (C=O) groups excluding carboxylic acids is 1. The molecule has 0 spiro atoms. The largest absolute Gasteiger partial charge is 0.322 e. The molecule has 5 heteroatoms. The van der Waals surface area contributed by atoms with Gasteiger partial charge >= 0.3 is 0 Å². The molecule has 3 rings (SSSR count). The lowest BCUT2D eigenvalue weighted by Gasteiger charge is -2.04. The summed E-state index contributed by atoms with van der Waals surface area (Å²) in [5, 5.41) is 4.00. The molecule has 3 nitrogen and oxygen atoms in total. The van der Waals surface area contributed by atoms with Gasteiger partial charge in [0, 0.05) is 15.4 Å². The van der Waals surface area contributed by atoms with Crippen LogP contribution >= 0.6 is 22.7 Å². The van der Waals surface area contributed by atoms with Gasteiger partial charge < -0.3 is 5.32 Å². The number of fused-ring (bicyclic) bond motifs is 1. The predicted molar refractivity (Wildman–Crippen MR) is 86.1 cm³/mol. The molecule has 0 atom stereocenters. The topological polar surface area (TPSA) is 42.0 Å². The van der Waals surface area contributed by atoms with Gasteiger partial charge in [-0.05, 0) is 45.0 Å². The van der Waals surface area contributed by atoms with Crippen LogP contribution in [0.2, 0.25) is 0 Å². The van der Waals surface area contributed by atoms with Crippen LogP contribution in [0.1, 0.15) is 25.1 Å². The highest BCUT2D eigenvalue weighted by molar-refractivity contribution is 7.18. The molecule has 20 heavy (non-hydrogen) atoms. The van der Waals surface area contributed by atoms with Crippen LogP contribution in [-0.4, -0.2) is 10.9 Å². The molecule has 0 saturated heterocycles. The van der Waals surface area contributed by atoms with E-state index in [1.165, 1.54) is 0 Å². The predicted octanol–water partition coefficient (Wildman–Crippen LogP) is 4.54. The Morgan fingerprint density at radius 1 is 1.15 bits per heavy atom. The zero-order chi connectivity index (χ0) is 14.3. The molecule has 0 saturated carbocycles. The van der Waals surface area contributed by atoms with Gasteiger partial charge in [-0.3, -0.25) is 4.79 Å². The maximum Gasteiger partial charge on any atom is 0.256 e. The third-order valence-electron chi connectivity index (χ3n) is 3.04. The maximum absolute atomic E-state index is 12.3. The summed E-state index contributed by atoms with van der Waals surface area (Å²) in [7, 11) is 0. The lowest BCUT2D eigenvalue weighted by Crippen LogP contribution is -2.11. The number of benzene rings is 1. The highest BCUT2D eigenvalue weighted by Gasteiger charge is 2.12. The normalized spacial score (nSPS) is 10.9. The van der Waals surface area contributed by atoms with Crippen LogP contribution in [0.4, 0.5) is 5.69 Å². The highest BCUT2D eigenvalue weighted by atomic mass is 32.1. The molecule has 0 aliphatic carbocycles. The molecule has 1 N–H and O–H groups in total. The van der Waals surface area contributed by atoms with Crippen molar-refractivity contribution in [1.29, 1.82) is 0 Å². The van der Waals surface area contributed by atoms with Gasteiger partial charge in [-0.2, -0.15) is 0 Å². The number of thiophene rings is 1. The Labute approximate surface area is 125 Å².